The van der Waals surface area contributed by atoms with E-state index in [1.807, 2.05) is 18.2 Å². The topological polar surface area (TPSA) is 73.2 Å². The molecule has 128 valence electrons. The minimum atomic E-state index is -0.157. The van der Waals surface area contributed by atoms with Crippen molar-refractivity contribution in [1.29, 1.82) is 5.26 Å². The Kier molecular flexibility index (Phi) is 6.55. The highest BCUT2D eigenvalue weighted by Gasteiger charge is 2.13. The smallest absolute Gasteiger partial charge is 0.223 e. The van der Waals surface area contributed by atoms with Gasteiger partial charge in [0.25, 0.3) is 0 Å². The molecule has 0 atom stereocenters. The number of hydrogen-bond donors (Lipinski definition) is 1. The lowest BCUT2D eigenvalue weighted by molar-refractivity contribution is -0.121. The van der Waals surface area contributed by atoms with Gasteiger partial charge < -0.3 is 10.2 Å². The molecule has 0 radical (unpaired) electrons. The molecule has 0 aliphatic heterocycles. The summed E-state index contributed by atoms with van der Waals surface area (Å²) in [6, 6.07) is 16.0. The zero-order chi connectivity index (χ0) is 18.2. The van der Waals surface area contributed by atoms with E-state index in [0.717, 1.165) is 5.56 Å². The van der Waals surface area contributed by atoms with Crippen LogP contribution in [0.5, 0.6) is 0 Å². The third-order valence-corrected chi connectivity index (χ3v) is 3.91. The van der Waals surface area contributed by atoms with Gasteiger partial charge in [0.2, 0.25) is 11.8 Å². The fraction of sp³-hybridized carbons (Fsp3) is 0.211. The summed E-state index contributed by atoms with van der Waals surface area (Å²) in [7, 11) is 0. The Labute approximate surface area is 151 Å². The molecule has 0 fully saturated rings. The first-order chi connectivity index (χ1) is 12.0. The highest BCUT2D eigenvalue weighted by atomic mass is 35.5. The first-order valence-electron chi connectivity index (χ1n) is 7.79. The van der Waals surface area contributed by atoms with Crippen molar-refractivity contribution in [1.82, 2.24) is 5.32 Å². The molecule has 0 saturated carbocycles. The van der Waals surface area contributed by atoms with Crippen LogP contribution in [0.1, 0.15) is 24.5 Å². The second-order valence-corrected chi connectivity index (χ2v) is 5.92. The standard InChI is InChI=1S/C19H18ClN3O2/c1-14(24)23(18-8-4-15(12-21)5-9-18)11-10-19(25)22-13-16-2-6-17(20)7-3-16/h2-9H,10-11,13H2,1H3,(H,22,25). The van der Waals surface area contributed by atoms with Crippen LogP contribution in [0.25, 0.3) is 0 Å². The number of nitrogens with one attached hydrogen (secondary N) is 1. The number of nitrogens with zero attached hydrogens (tertiary/aromatic N) is 2. The Morgan fingerprint density at radius 2 is 1.76 bits per heavy atom. The van der Waals surface area contributed by atoms with Gasteiger partial charge in [0.1, 0.15) is 0 Å². The van der Waals surface area contributed by atoms with Gasteiger partial charge in [-0.3, -0.25) is 9.59 Å². The fourth-order valence-electron chi connectivity index (χ4n) is 2.29. The Bertz CT molecular complexity index is 780. The van der Waals surface area contributed by atoms with E-state index in [-0.39, 0.29) is 24.8 Å². The Morgan fingerprint density at radius 3 is 2.32 bits per heavy atom. The lowest BCUT2D eigenvalue weighted by atomic mass is 10.2. The van der Waals surface area contributed by atoms with Gasteiger partial charge in [-0.25, -0.2) is 0 Å². The van der Waals surface area contributed by atoms with Gasteiger partial charge in [-0.05, 0) is 42.0 Å². The Morgan fingerprint density at radius 1 is 1.12 bits per heavy atom. The molecule has 0 unspecified atom stereocenters. The van der Waals surface area contributed by atoms with E-state index in [1.54, 1.807) is 36.4 Å². The molecule has 0 bridgehead atoms. The summed E-state index contributed by atoms with van der Waals surface area (Å²) in [5, 5.41) is 12.3. The third kappa shape index (κ3) is 5.63. The molecule has 2 aromatic rings. The normalized spacial score (nSPS) is 9.96. The summed E-state index contributed by atoms with van der Waals surface area (Å²) in [6.07, 6.45) is 0.188. The van der Waals surface area contributed by atoms with Crippen LogP contribution in [-0.4, -0.2) is 18.4 Å². The molecule has 1 N–H and O–H groups in total. The maximum Gasteiger partial charge on any atom is 0.223 e. The molecule has 2 amide bonds. The van der Waals surface area contributed by atoms with E-state index in [4.69, 9.17) is 16.9 Å². The number of benzene rings is 2. The first kappa shape index (κ1) is 18.5. The van der Waals surface area contributed by atoms with Crippen LogP contribution >= 0.6 is 11.6 Å². The van der Waals surface area contributed by atoms with E-state index < -0.39 is 0 Å². The van der Waals surface area contributed by atoms with E-state index in [9.17, 15) is 9.59 Å². The molecule has 6 heteroatoms. The number of carbonyl (C=O) groups excluding carboxylic acids is 2. The second kappa shape index (κ2) is 8.86. The average molecular weight is 356 g/mol. The van der Waals surface area contributed by atoms with Crippen LogP contribution in [0.3, 0.4) is 0 Å². The highest BCUT2D eigenvalue weighted by molar-refractivity contribution is 6.30. The summed E-state index contributed by atoms with van der Waals surface area (Å²) in [5.41, 5.74) is 2.14. The van der Waals surface area contributed by atoms with Gasteiger partial charge in [0.05, 0.1) is 11.6 Å². The van der Waals surface area contributed by atoms with Gasteiger partial charge in [-0.2, -0.15) is 5.26 Å². The lowest BCUT2D eigenvalue weighted by Gasteiger charge is -2.21. The van der Waals surface area contributed by atoms with E-state index in [0.29, 0.717) is 22.8 Å². The minimum absolute atomic E-state index is 0.144. The highest BCUT2D eigenvalue weighted by Crippen LogP contribution is 2.16. The van der Waals surface area contributed by atoms with Gasteiger partial charge >= 0.3 is 0 Å². The Hall–Kier alpha value is -2.84. The SMILES string of the molecule is CC(=O)N(CCC(=O)NCc1ccc(Cl)cc1)c1ccc(C#N)cc1. The predicted molar refractivity (Wildman–Crippen MR) is 97.1 cm³/mol. The third-order valence-electron chi connectivity index (χ3n) is 3.65. The number of amides is 2. The van der Waals surface area contributed by atoms with Crippen molar-refractivity contribution in [3.8, 4) is 6.07 Å². The van der Waals surface area contributed by atoms with Crippen LogP contribution < -0.4 is 10.2 Å². The van der Waals surface area contributed by atoms with Crippen LogP contribution in [0, 0.1) is 11.3 Å². The number of carbonyl (C=O) groups is 2. The molecule has 0 aliphatic rings. The predicted octanol–water partition coefficient (Wildman–Crippen LogP) is 3.27. The van der Waals surface area contributed by atoms with Gasteiger partial charge in [-0.15, -0.1) is 0 Å². The molecule has 25 heavy (non-hydrogen) atoms. The molecule has 5 nitrogen and oxygen atoms in total. The van der Waals surface area contributed by atoms with E-state index >= 15 is 0 Å². The monoisotopic (exact) mass is 355 g/mol. The number of halogens is 1. The summed E-state index contributed by atoms with van der Waals surface area (Å²) in [6.45, 7) is 2.13. The van der Waals surface area contributed by atoms with E-state index in [2.05, 4.69) is 5.32 Å². The van der Waals surface area contributed by atoms with Crippen molar-refractivity contribution in [2.45, 2.75) is 19.9 Å². The summed E-state index contributed by atoms with van der Waals surface area (Å²) < 4.78 is 0. The number of nitriles is 1. The largest absolute Gasteiger partial charge is 0.352 e. The van der Waals surface area contributed by atoms with Gasteiger partial charge in [0.15, 0.2) is 0 Å². The summed E-state index contributed by atoms with van der Waals surface area (Å²) in [5.74, 6) is -0.301. The maximum absolute atomic E-state index is 12.0. The van der Waals surface area contributed by atoms with E-state index in [1.165, 1.54) is 11.8 Å². The van der Waals surface area contributed by atoms with Crippen LogP contribution in [0.15, 0.2) is 48.5 Å². The van der Waals surface area contributed by atoms with Crippen molar-refractivity contribution < 1.29 is 9.59 Å². The van der Waals surface area contributed by atoms with Crippen molar-refractivity contribution in [3.05, 3.63) is 64.7 Å². The molecule has 2 rings (SSSR count). The minimum Gasteiger partial charge on any atom is -0.352 e. The Balaban J connectivity index is 1.89. The molecule has 2 aromatic carbocycles. The van der Waals surface area contributed by atoms with Gasteiger partial charge in [0, 0.05) is 37.1 Å². The van der Waals surface area contributed by atoms with Crippen LogP contribution in [0.2, 0.25) is 5.02 Å². The molecule has 0 aliphatic carbocycles. The molecular formula is C19H18ClN3O2. The number of anilines is 1. The van der Waals surface area contributed by atoms with Crippen LogP contribution in [0.4, 0.5) is 5.69 Å². The van der Waals surface area contributed by atoms with Crippen molar-refractivity contribution in [2.75, 3.05) is 11.4 Å². The summed E-state index contributed by atoms with van der Waals surface area (Å²) in [4.78, 5) is 25.4. The zero-order valence-corrected chi connectivity index (χ0v) is 14.6. The molecule has 0 aromatic heterocycles. The molecule has 0 heterocycles. The summed E-state index contributed by atoms with van der Waals surface area (Å²) >= 11 is 5.82. The maximum atomic E-state index is 12.0. The van der Waals surface area contributed by atoms with Crippen molar-refractivity contribution in [2.24, 2.45) is 0 Å². The molecule has 0 saturated heterocycles. The first-order valence-corrected chi connectivity index (χ1v) is 8.17. The quantitative estimate of drug-likeness (QED) is 0.864. The lowest BCUT2D eigenvalue weighted by Crippen LogP contribution is -2.33. The second-order valence-electron chi connectivity index (χ2n) is 5.48. The van der Waals surface area contributed by atoms with Crippen molar-refractivity contribution >= 4 is 29.1 Å². The van der Waals surface area contributed by atoms with Gasteiger partial charge in [-0.1, -0.05) is 23.7 Å². The zero-order valence-electron chi connectivity index (χ0n) is 13.8. The van der Waals surface area contributed by atoms with Crippen LogP contribution in [-0.2, 0) is 16.1 Å². The fourth-order valence-corrected chi connectivity index (χ4v) is 2.41. The van der Waals surface area contributed by atoms with Crippen molar-refractivity contribution in [3.63, 3.8) is 0 Å². The molecule has 0 spiro atoms. The average Bonchev–Trinajstić information content (AvgIpc) is 2.61. The molecular weight excluding hydrogens is 338 g/mol. The number of hydrogen-bond acceptors (Lipinski definition) is 3. The number of rotatable bonds is 6.